The molecule has 0 bridgehead atoms. The number of carbonyl (C=O) groups excluding carboxylic acids is 3. The predicted molar refractivity (Wildman–Crippen MR) is 114 cm³/mol. The number of benzene rings is 1. The molecule has 2 saturated heterocycles. The van der Waals surface area contributed by atoms with Gasteiger partial charge in [0.25, 0.3) is 0 Å². The number of piperazine rings is 1. The number of anilines is 1. The quantitative estimate of drug-likeness (QED) is 0.734. The number of likely N-dealkylation sites (tertiary alicyclic amines) is 1. The molecule has 6 heteroatoms. The van der Waals surface area contributed by atoms with E-state index in [1.54, 1.807) is 6.92 Å². The zero-order valence-corrected chi connectivity index (χ0v) is 18.1. The van der Waals surface area contributed by atoms with E-state index in [1.165, 1.54) is 0 Å². The van der Waals surface area contributed by atoms with Gasteiger partial charge in [-0.2, -0.15) is 0 Å². The molecular formula is C23H33N3O3. The highest BCUT2D eigenvalue weighted by Crippen LogP contribution is 2.26. The summed E-state index contributed by atoms with van der Waals surface area (Å²) in [5.41, 5.74) is 1.45. The maximum atomic E-state index is 13.0. The second-order valence-corrected chi connectivity index (χ2v) is 9.23. The van der Waals surface area contributed by atoms with Crippen molar-refractivity contribution < 1.29 is 14.4 Å². The summed E-state index contributed by atoms with van der Waals surface area (Å²) in [6.45, 7) is 11.8. The summed E-state index contributed by atoms with van der Waals surface area (Å²) < 4.78 is 0. The van der Waals surface area contributed by atoms with Crippen molar-refractivity contribution in [3.8, 4) is 0 Å². The molecule has 158 valence electrons. The molecule has 3 rings (SSSR count). The van der Waals surface area contributed by atoms with Crippen LogP contribution >= 0.6 is 0 Å². The van der Waals surface area contributed by atoms with E-state index in [0.29, 0.717) is 26.2 Å². The van der Waals surface area contributed by atoms with E-state index >= 15 is 0 Å². The number of piperidine rings is 1. The van der Waals surface area contributed by atoms with Crippen molar-refractivity contribution in [2.45, 2.75) is 40.5 Å². The molecule has 2 aliphatic rings. The lowest BCUT2D eigenvalue weighted by molar-refractivity contribution is -0.145. The smallest absolute Gasteiger partial charge is 0.227 e. The van der Waals surface area contributed by atoms with E-state index in [9.17, 15) is 14.4 Å². The topological polar surface area (TPSA) is 60.9 Å². The van der Waals surface area contributed by atoms with Crippen LogP contribution in [0.25, 0.3) is 0 Å². The third-order valence-corrected chi connectivity index (χ3v) is 6.00. The van der Waals surface area contributed by atoms with Crippen LogP contribution in [0.1, 0.15) is 50.9 Å². The number of amides is 2. The van der Waals surface area contributed by atoms with Crippen molar-refractivity contribution in [2.24, 2.45) is 11.3 Å². The molecule has 2 aliphatic heterocycles. The van der Waals surface area contributed by atoms with Crippen molar-refractivity contribution in [3.63, 3.8) is 0 Å². The third-order valence-electron chi connectivity index (χ3n) is 6.00. The third kappa shape index (κ3) is 4.98. The Morgan fingerprint density at radius 2 is 1.38 bits per heavy atom. The maximum absolute atomic E-state index is 13.0. The summed E-state index contributed by atoms with van der Waals surface area (Å²) in [7, 11) is 0. The molecule has 1 aromatic rings. The molecule has 0 N–H and O–H groups in total. The van der Waals surface area contributed by atoms with Gasteiger partial charge >= 0.3 is 0 Å². The number of ketones is 1. The minimum atomic E-state index is -0.365. The fourth-order valence-corrected chi connectivity index (χ4v) is 4.15. The molecule has 2 heterocycles. The summed E-state index contributed by atoms with van der Waals surface area (Å²) in [6, 6.07) is 7.69. The molecule has 0 aliphatic carbocycles. The predicted octanol–water partition coefficient (Wildman–Crippen LogP) is 2.82. The highest BCUT2D eigenvalue weighted by molar-refractivity contribution is 5.94. The molecule has 0 aromatic heterocycles. The standard InChI is InChI=1S/C23H33N3O3/c1-17(27)18-5-7-20(8-6-18)24-13-15-25(16-14-24)21(28)19-9-11-26(12-10-19)22(29)23(2,3)4/h5-8,19H,9-16H2,1-4H3. The van der Waals surface area contributed by atoms with Gasteiger partial charge in [0.15, 0.2) is 5.78 Å². The molecule has 2 fully saturated rings. The zero-order valence-electron chi connectivity index (χ0n) is 18.1. The minimum absolute atomic E-state index is 0.0282. The lowest BCUT2D eigenvalue weighted by atomic mass is 9.90. The largest absolute Gasteiger partial charge is 0.368 e. The Balaban J connectivity index is 1.49. The number of carbonyl (C=O) groups is 3. The van der Waals surface area contributed by atoms with Crippen molar-refractivity contribution in [2.75, 3.05) is 44.2 Å². The second kappa shape index (κ2) is 8.56. The van der Waals surface area contributed by atoms with Crippen molar-refractivity contribution in [3.05, 3.63) is 29.8 Å². The monoisotopic (exact) mass is 399 g/mol. The first-order valence-electron chi connectivity index (χ1n) is 10.6. The average molecular weight is 400 g/mol. The Bertz CT molecular complexity index is 751. The van der Waals surface area contributed by atoms with Crippen LogP contribution in [-0.4, -0.2) is 66.7 Å². The van der Waals surface area contributed by atoms with Crippen LogP contribution in [0.5, 0.6) is 0 Å². The van der Waals surface area contributed by atoms with Gasteiger partial charge in [-0.1, -0.05) is 20.8 Å². The van der Waals surface area contributed by atoms with E-state index in [4.69, 9.17) is 0 Å². The second-order valence-electron chi connectivity index (χ2n) is 9.23. The van der Waals surface area contributed by atoms with Gasteiger partial charge in [-0.15, -0.1) is 0 Å². The molecular weight excluding hydrogens is 366 g/mol. The van der Waals surface area contributed by atoms with Crippen molar-refractivity contribution in [1.29, 1.82) is 0 Å². The van der Waals surface area contributed by atoms with Crippen LogP contribution in [0.3, 0.4) is 0 Å². The van der Waals surface area contributed by atoms with E-state index in [1.807, 2.05) is 54.8 Å². The summed E-state index contributed by atoms with van der Waals surface area (Å²) in [5.74, 6) is 0.509. The lowest BCUT2D eigenvalue weighted by Crippen LogP contribution is -2.52. The van der Waals surface area contributed by atoms with Crippen LogP contribution in [-0.2, 0) is 9.59 Å². The number of Topliss-reactive ketones (excluding diaryl/α,β-unsaturated/α-hetero) is 1. The molecule has 29 heavy (non-hydrogen) atoms. The Labute approximate surface area is 173 Å². The molecule has 6 nitrogen and oxygen atoms in total. The summed E-state index contributed by atoms with van der Waals surface area (Å²) in [5, 5.41) is 0. The first kappa shape index (κ1) is 21.3. The molecule has 0 unspecified atom stereocenters. The summed E-state index contributed by atoms with van der Waals surface area (Å²) in [4.78, 5) is 43.0. The molecule has 0 spiro atoms. The van der Waals surface area contributed by atoms with Crippen LogP contribution < -0.4 is 4.90 Å². The normalized spacial score (nSPS) is 18.7. The fourth-order valence-electron chi connectivity index (χ4n) is 4.15. The number of rotatable bonds is 3. The Morgan fingerprint density at radius 1 is 0.828 bits per heavy atom. The van der Waals surface area contributed by atoms with Gasteiger partial charge in [-0.05, 0) is 44.0 Å². The summed E-state index contributed by atoms with van der Waals surface area (Å²) >= 11 is 0. The Morgan fingerprint density at radius 3 is 1.86 bits per heavy atom. The van der Waals surface area contributed by atoms with Gasteiger partial charge in [-0.25, -0.2) is 0 Å². The van der Waals surface area contributed by atoms with E-state index in [2.05, 4.69) is 4.90 Å². The first-order valence-corrected chi connectivity index (χ1v) is 10.6. The van der Waals surface area contributed by atoms with Crippen molar-refractivity contribution >= 4 is 23.3 Å². The van der Waals surface area contributed by atoms with Gasteiger partial charge in [-0.3, -0.25) is 14.4 Å². The van der Waals surface area contributed by atoms with Gasteiger partial charge < -0.3 is 14.7 Å². The molecule has 0 atom stereocenters. The zero-order chi connectivity index (χ0) is 21.2. The maximum Gasteiger partial charge on any atom is 0.227 e. The summed E-state index contributed by atoms with van der Waals surface area (Å²) in [6.07, 6.45) is 1.51. The molecule has 0 saturated carbocycles. The van der Waals surface area contributed by atoms with Gasteiger partial charge in [0.05, 0.1) is 0 Å². The highest BCUT2D eigenvalue weighted by atomic mass is 16.2. The van der Waals surface area contributed by atoms with Crippen LogP contribution in [0.15, 0.2) is 24.3 Å². The van der Waals surface area contributed by atoms with E-state index in [0.717, 1.165) is 37.2 Å². The highest BCUT2D eigenvalue weighted by Gasteiger charge is 2.34. The van der Waals surface area contributed by atoms with Crippen LogP contribution in [0.2, 0.25) is 0 Å². The number of hydrogen-bond donors (Lipinski definition) is 0. The molecule has 0 radical (unpaired) electrons. The number of nitrogens with zero attached hydrogens (tertiary/aromatic N) is 3. The van der Waals surface area contributed by atoms with Gasteiger partial charge in [0, 0.05) is 61.9 Å². The lowest BCUT2D eigenvalue weighted by Gasteiger charge is -2.40. The van der Waals surface area contributed by atoms with Gasteiger partial charge in [0.2, 0.25) is 11.8 Å². The molecule has 2 amide bonds. The number of hydrogen-bond acceptors (Lipinski definition) is 4. The van der Waals surface area contributed by atoms with Crippen LogP contribution in [0, 0.1) is 11.3 Å². The van der Waals surface area contributed by atoms with Gasteiger partial charge in [0.1, 0.15) is 0 Å². The fraction of sp³-hybridized carbons (Fsp3) is 0.609. The van der Waals surface area contributed by atoms with E-state index < -0.39 is 0 Å². The SMILES string of the molecule is CC(=O)c1ccc(N2CCN(C(=O)C3CCN(C(=O)C(C)(C)C)CC3)CC2)cc1. The minimum Gasteiger partial charge on any atom is -0.368 e. The van der Waals surface area contributed by atoms with Crippen LogP contribution in [0.4, 0.5) is 5.69 Å². The van der Waals surface area contributed by atoms with E-state index in [-0.39, 0.29) is 28.9 Å². The Kier molecular flexibility index (Phi) is 6.30. The molecule has 1 aromatic carbocycles. The first-order chi connectivity index (χ1) is 13.7. The average Bonchev–Trinajstić information content (AvgIpc) is 2.72. The Hall–Kier alpha value is -2.37. The van der Waals surface area contributed by atoms with Crippen molar-refractivity contribution in [1.82, 2.24) is 9.80 Å².